The van der Waals surface area contributed by atoms with Crippen LogP contribution in [0.15, 0.2) is 17.6 Å². The van der Waals surface area contributed by atoms with Crippen LogP contribution in [0.25, 0.3) is 5.78 Å². The summed E-state index contributed by atoms with van der Waals surface area (Å²) < 4.78 is 1.47. The SMILES string of the molecule is Nc1cc(Cl)nc2nc(Cc3nccs3)nn12. The first-order valence-electron chi connectivity index (χ1n) is 4.78. The molecule has 0 bridgehead atoms. The number of hydrogen-bond donors (Lipinski definition) is 1. The van der Waals surface area contributed by atoms with Gasteiger partial charge in [-0.05, 0) is 0 Å². The molecule has 0 fully saturated rings. The second-order valence-corrected chi connectivity index (χ2v) is 4.71. The molecule has 3 aromatic rings. The molecule has 86 valence electrons. The third-order valence-electron chi connectivity index (χ3n) is 2.15. The van der Waals surface area contributed by atoms with E-state index in [0.29, 0.717) is 29.0 Å². The van der Waals surface area contributed by atoms with Crippen LogP contribution in [0.2, 0.25) is 5.15 Å². The van der Waals surface area contributed by atoms with Gasteiger partial charge in [0.15, 0.2) is 5.82 Å². The van der Waals surface area contributed by atoms with Crippen molar-refractivity contribution >= 4 is 34.5 Å². The largest absolute Gasteiger partial charge is 0.383 e. The van der Waals surface area contributed by atoms with Crippen molar-refractivity contribution in [1.82, 2.24) is 24.6 Å². The zero-order valence-corrected chi connectivity index (χ0v) is 10.1. The maximum Gasteiger partial charge on any atom is 0.255 e. The summed E-state index contributed by atoms with van der Waals surface area (Å²) in [5, 5.41) is 7.42. The number of fused-ring (bicyclic) bond motifs is 1. The van der Waals surface area contributed by atoms with Crippen molar-refractivity contribution in [1.29, 1.82) is 0 Å². The van der Waals surface area contributed by atoms with Gasteiger partial charge in [0, 0.05) is 17.6 Å². The molecule has 0 radical (unpaired) electrons. The van der Waals surface area contributed by atoms with Crippen LogP contribution in [0.4, 0.5) is 5.82 Å². The molecule has 2 N–H and O–H groups in total. The maximum absolute atomic E-state index is 5.79. The summed E-state index contributed by atoms with van der Waals surface area (Å²) in [6, 6.07) is 1.54. The number of anilines is 1. The molecule has 0 aliphatic rings. The van der Waals surface area contributed by atoms with E-state index < -0.39 is 0 Å². The fraction of sp³-hybridized carbons (Fsp3) is 0.111. The van der Waals surface area contributed by atoms with Gasteiger partial charge >= 0.3 is 0 Å². The van der Waals surface area contributed by atoms with Crippen LogP contribution in [-0.4, -0.2) is 24.6 Å². The van der Waals surface area contributed by atoms with Gasteiger partial charge in [0.05, 0.1) is 6.42 Å². The summed E-state index contributed by atoms with van der Waals surface area (Å²) in [4.78, 5) is 12.5. The van der Waals surface area contributed by atoms with Crippen molar-refractivity contribution in [3.63, 3.8) is 0 Å². The number of thiazole rings is 1. The van der Waals surface area contributed by atoms with Crippen LogP contribution in [0.3, 0.4) is 0 Å². The third kappa shape index (κ3) is 1.94. The summed E-state index contributed by atoms with van der Waals surface area (Å²) in [5.74, 6) is 1.45. The highest BCUT2D eigenvalue weighted by atomic mass is 35.5. The van der Waals surface area contributed by atoms with Crippen LogP contribution in [0, 0.1) is 0 Å². The number of nitrogens with two attached hydrogens (primary N) is 1. The average molecular weight is 267 g/mol. The summed E-state index contributed by atoms with van der Waals surface area (Å²) in [6.45, 7) is 0. The van der Waals surface area contributed by atoms with Crippen LogP contribution in [0.1, 0.15) is 10.8 Å². The predicted octanol–water partition coefficient (Wildman–Crippen LogP) is 1.41. The van der Waals surface area contributed by atoms with Crippen molar-refractivity contribution in [2.75, 3.05) is 5.73 Å². The van der Waals surface area contributed by atoms with E-state index in [1.54, 1.807) is 17.5 Å². The second kappa shape index (κ2) is 3.94. The smallest absolute Gasteiger partial charge is 0.255 e. The van der Waals surface area contributed by atoms with Crippen LogP contribution in [-0.2, 0) is 6.42 Å². The molecule has 3 aromatic heterocycles. The molecule has 8 heteroatoms. The molecule has 0 saturated carbocycles. The van der Waals surface area contributed by atoms with Gasteiger partial charge in [-0.3, -0.25) is 0 Å². The molecule has 0 aliphatic carbocycles. The van der Waals surface area contributed by atoms with Crippen molar-refractivity contribution in [2.24, 2.45) is 0 Å². The molecule has 3 heterocycles. The molecule has 0 atom stereocenters. The number of hydrogen-bond acceptors (Lipinski definition) is 6. The Balaban J connectivity index is 2.05. The molecule has 6 nitrogen and oxygen atoms in total. The van der Waals surface area contributed by atoms with Crippen LogP contribution >= 0.6 is 22.9 Å². The Morgan fingerprint density at radius 3 is 3.06 bits per heavy atom. The van der Waals surface area contributed by atoms with E-state index in [-0.39, 0.29) is 0 Å². The molecule has 0 saturated heterocycles. The Kier molecular flexibility index (Phi) is 2.41. The topological polar surface area (TPSA) is 82.0 Å². The molecule has 0 spiro atoms. The lowest BCUT2D eigenvalue weighted by Gasteiger charge is -1.95. The first-order valence-corrected chi connectivity index (χ1v) is 6.04. The molecule has 0 amide bonds. The maximum atomic E-state index is 5.79. The number of rotatable bonds is 2. The third-order valence-corrected chi connectivity index (χ3v) is 3.12. The quantitative estimate of drug-likeness (QED) is 0.709. The van der Waals surface area contributed by atoms with E-state index in [9.17, 15) is 0 Å². The fourth-order valence-corrected chi connectivity index (χ4v) is 2.25. The van der Waals surface area contributed by atoms with Gasteiger partial charge in [0.1, 0.15) is 16.0 Å². The first kappa shape index (κ1) is 10.4. The summed E-state index contributed by atoms with van der Waals surface area (Å²) in [7, 11) is 0. The Hall–Kier alpha value is -1.73. The summed E-state index contributed by atoms with van der Waals surface area (Å²) in [6.07, 6.45) is 2.32. The second-order valence-electron chi connectivity index (χ2n) is 3.35. The first-order chi connectivity index (χ1) is 8.22. The zero-order chi connectivity index (χ0) is 11.8. The van der Waals surface area contributed by atoms with Crippen molar-refractivity contribution < 1.29 is 0 Å². The van der Waals surface area contributed by atoms with Gasteiger partial charge in [0.25, 0.3) is 5.78 Å². The van der Waals surface area contributed by atoms with Crippen molar-refractivity contribution in [3.8, 4) is 0 Å². The molecule has 0 aliphatic heterocycles. The highest BCUT2D eigenvalue weighted by Crippen LogP contribution is 2.14. The Morgan fingerprint density at radius 1 is 1.41 bits per heavy atom. The molecule has 17 heavy (non-hydrogen) atoms. The van der Waals surface area contributed by atoms with E-state index in [2.05, 4.69) is 20.1 Å². The Labute approximate surface area is 105 Å². The van der Waals surface area contributed by atoms with Gasteiger partial charge in [-0.15, -0.1) is 16.4 Å². The number of halogens is 1. The molecular weight excluding hydrogens is 260 g/mol. The van der Waals surface area contributed by atoms with E-state index in [4.69, 9.17) is 17.3 Å². The van der Waals surface area contributed by atoms with Gasteiger partial charge < -0.3 is 5.73 Å². The highest BCUT2D eigenvalue weighted by molar-refractivity contribution is 7.09. The molecule has 0 unspecified atom stereocenters. The van der Waals surface area contributed by atoms with Crippen LogP contribution < -0.4 is 5.73 Å². The van der Waals surface area contributed by atoms with E-state index in [1.807, 2.05) is 5.38 Å². The minimum atomic E-state index is 0.309. The Morgan fingerprint density at radius 2 is 2.29 bits per heavy atom. The van der Waals surface area contributed by atoms with Gasteiger partial charge in [0.2, 0.25) is 0 Å². The van der Waals surface area contributed by atoms with Gasteiger partial charge in [-0.2, -0.15) is 14.5 Å². The van der Waals surface area contributed by atoms with Gasteiger partial charge in [-0.1, -0.05) is 11.6 Å². The molecule has 3 rings (SSSR count). The lowest BCUT2D eigenvalue weighted by atomic mass is 10.4. The van der Waals surface area contributed by atoms with Crippen molar-refractivity contribution in [3.05, 3.63) is 33.6 Å². The van der Waals surface area contributed by atoms with Crippen molar-refractivity contribution in [2.45, 2.75) is 6.42 Å². The fourth-order valence-electron chi connectivity index (χ4n) is 1.45. The predicted molar refractivity (Wildman–Crippen MR) is 65.1 cm³/mol. The molecular formula is C9H7ClN6S. The summed E-state index contributed by atoms with van der Waals surface area (Å²) >= 11 is 7.35. The monoisotopic (exact) mass is 266 g/mol. The minimum absolute atomic E-state index is 0.309. The number of nitrogen functional groups attached to an aromatic ring is 1. The van der Waals surface area contributed by atoms with E-state index >= 15 is 0 Å². The van der Waals surface area contributed by atoms with Gasteiger partial charge in [-0.25, -0.2) is 4.98 Å². The van der Waals surface area contributed by atoms with E-state index in [0.717, 1.165) is 5.01 Å². The lowest BCUT2D eigenvalue weighted by Crippen LogP contribution is -2.00. The molecule has 0 aromatic carbocycles. The Bertz CT molecular complexity index is 661. The minimum Gasteiger partial charge on any atom is -0.383 e. The normalized spacial score (nSPS) is 11.1. The summed E-state index contributed by atoms with van der Waals surface area (Å²) in [5.41, 5.74) is 5.77. The van der Waals surface area contributed by atoms with Crippen LogP contribution in [0.5, 0.6) is 0 Å². The zero-order valence-electron chi connectivity index (χ0n) is 8.54. The number of aromatic nitrogens is 5. The number of nitrogens with zero attached hydrogens (tertiary/aromatic N) is 5. The standard InChI is InChI=1S/C9H7ClN6S/c10-5-3-6(11)16-9(13-5)14-7(15-16)4-8-12-1-2-17-8/h1-3H,4,11H2. The lowest BCUT2D eigenvalue weighted by molar-refractivity contribution is 0.897. The average Bonchev–Trinajstić information content (AvgIpc) is 2.87. The highest BCUT2D eigenvalue weighted by Gasteiger charge is 2.10. The van der Waals surface area contributed by atoms with E-state index in [1.165, 1.54) is 10.6 Å².